The van der Waals surface area contributed by atoms with E-state index in [9.17, 15) is 14.7 Å². The van der Waals surface area contributed by atoms with Crippen molar-refractivity contribution in [2.24, 2.45) is 5.73 Å². The third-order valence-electron chi connectivity index (χ3n) is 3.64. The van der Waals surface area contributed by atoms with E-state index in [0.29, 0.717) is 24.0 Å². The van der Waals surface area contributed by atoms with E-state index in [1.165, 1.54) is 0 Å². The Morgan fingerprint density at radius 2 is 1.64 bits per heavy atom. The lowest BCUT2D eigenvalue weighted by Crippen LogP contribution is -2.43. The molecule has 0 spiro atoms. The first kappa shape index (κ1) is 15.9. The van der Waals surface area contributed by atoms with Crippen molar-refractivity contribution in [3.63, 3.8) is 0 Å². The predicted octanol–water partition coefficient (Wildman–Crippen LogP) is 2.39. The maximum atomic E-state index is 12.3. The van der Waals surface area contributed by atoms with Crippen molar-refractivity contribution < 1.29 is 14.7 Å². The van der Waals surface area contributed by atoms with Gasteiger partial charge >= 0.3 is 0 Å². The zero-order chi connectivity index (χ0) is 16.2. The highest BCUT2D eigenvalue weighted by Crippen LogP contribution is 2.32. The Balaban J connectivity index is 2.65. The van der Waals surface area contributed by atoms with Crippen LogP contribution in [0.15, 0.2) is 54.6 Å². The van der Waals surface area contributed by atoms with Gasteiger partial charge in [0, 0.05) is 17.5 Å². The summed E-state index contributed by atoms with van der Waals surface area (Å²) in [5, 5.41) is 11.0. The number of carbonyl (C=O) groups is 2. The minimum Gasteiger partial charge on any atom is -0.372 e. The summed E-state index contributed by atoms with van der Waals surface area (Å²) in [7, 11) is 0. The average molecular weight is 297 g/mol. The molecule has 114 valence electrons. The largest absolute Gasteiger partial charge is 0.372 e. The average Bonchev–Trinajstić information content (AvgIpc) is 2.55. The molecular formula is C18H19NO3. The normalized spacial score (nSPS) is 13.4. The molecule has 3 N–H and O–H groups in total. The first-order valence-electron chi connectivity index (χ1n) is 7.22. The quantitative estimate of drug-likeness (QED) is 0.803. The van der Waals surface area contributed by atoms with E-state index in [4.69, 9.17) is 5.73 Å². The number of primary amides is 1. The Labute approximate surface area is 129 Å². The second-order valence-corrected chi connectivity index (χ2v) is 5.16. The number of rotatable bonds is 6. The molecule has 0 saturated heterocycles. The van der Waals surface area contributed by atoms with Gasteiger partial charge in [-0.3, -0.25) is 9.59 Å². The van der Waals surface area contributed by atoms with Crippen LogP contribution in [0.4, 0.5) is 0 Å². The minimum absolute atomic E-state index is 0.117. The summed E-state index contributed by atoms with van der Waals surface area (Å²) < 4.78 is 0. The number of carbonyl (C=O) groups excluding carboxylic acids is 2. The Hall–Kier alpha value is -2.46. The first-order chi connectivity index (χ1) is 10.5. The molecule has 2 rings (SSSR count). The molecule has 1 atom stereocenters. The summed E-state index contributed by atoms with van der Waals surface area (Å²) in [6.45, 7) is 1.90. The van der Waals surface area contributed by atoms with Gasteiger partial charge in [-0.05, 0) is 12.0 Å². The highest BCUT2D eigenvalue weighted by molar-refractivity contribution is 6.00. The van der Waals surface area contributed by atoms with E-state index in [1.54, 1.807) is 54.6 Å². The van der Waals surface area contributed by atoms with Gasteiger partial charge in [0.05, 0.1) is 0 Å². The van der Waals surface area contributed by atoms with Crippen LogP contribution in [0.1, 0.15) is 41.3 Å². The minimum atomic E-state index is -2.03. The Bertz CT molecular complexity index is 682. The SMILES string of the molecule is CCCC(=O)c1ccccc1C(O)(C(N)=O)c1ccccc1. The smallest absolute Gasteiger partial charge is 0.258 e. The van der Waals surface area contributed by atoms with E-state index in [2.05, 4.69) is 0 Å². The van der Waals surface area contributed by atoms with Crippen molar-refractivity contribution in [2.45, 2.75) is 25.4 Å². The zero-order valence-electron chi connectivity index (χ0n) is 12.5. The highest BCUT2D eigenvalue weighted by atomic mass is 16.3. The lowest BCUT2D eigenvalue weighted by molar-refractivity contribution is -0.133. The van der Waals surface area contributed by atoms with E-state index in [1.807, 2.05) is 6.92 Å². The van der Waals surface area contributed by atoms with Crippen molar-refractivity contribution in [1.82, 2.24) is 0 Å². The van der Waals surface area contributed by atoms with Gasteiger partial charge in [-0.1, -0.05) is 61.5 Å². The molecule has 22 heavy (non-hydrogen) atoms. The topological polar surface area (TPSA) is 80.4 Å². The molecule has 1 amide bonds. The van der Waals surface area contributed by atoms with Gasteiger partial charge in [0.1, 0.15) is 0 Å². The van der Waals surface area contributed by atoms with Gasteiger partial charge in [-0.25, -0.2) is 0 Å². The third-order valence-corrected chi connectivity index (χ3v) is 3.64. The Kier molecular flexibility index (Phi) is 4.73. The molecule has 0 aromatic heterocycles. The van der Waals surface area contributed by atoms with E-state index in [0.717, 1.165) is 0 Å². The van der Waals surface area contributed by atoms with E-state index in [-0.39, 0.29) is 11.3 Å². The second kappa shape index (κ2) is 6.54. The summed E-state index contributed by atoms with van der Waals surface area (Å²) >= 11 is 0. The third kappa shape index (κ3) is 2.78. The van der Waals surface area contributed by atoms with Crippen LogP contribution in [0.2, 0.25) is 0 Å². The van der Waals surface area contributed by atoms with Gasteiger partial charge in [0.2, 0.25) is 0 Å². The van der Waals surface area contributed by atoms with Crippen molar-refractivity contribution in [3.8, 4) is 0 Å². The maximum Gasteiger partial charge on any atom is 0.258 e. The number of ketones is 1. The first-order valence-corrected chi connectivity index (χ1v) is 7.22. The lowest BCUT2D eigenvalue weighted by atomic mass is 9.81. The molecule has 0 bridgehead atoms. The van der Waals surface area contributed by atoms with Crippen LogP contribution in [0.25, 0.3) is 0 Å². The molecule has 2 aromatic carbocycles. The highest BCUT2D eigenvalue weighted by Gasteiger charge is 2.40. The summed E-state index contributed by atoms with van der Waals surface area (Å²) in [6.07, 6.45) is 1.04. The van der Waals surface area contributed by atoms with Crippen LogP contribution in [0.5, 0.6) is 0 Å². The van der Waals surface area contributed by atoms with Gasteiger partial charge < -0.3 is 10.8 Å². The summed E-state index contributed by atoms with van der Waals surface area (Å²) in [6, 6.07) is 15.0. The zero-order valence-corrected chi connectivity index (χ0v) is 12.5. The molecular weight excluding hydrogens is 278 g/mol. The fourth-order valence-electron chi connectivity index (χ4n) is 2.51. The fraction of sp³-hybridized carbons (Fsp3) is 0.222. The molecule has 0 fully saturated rings. The van der Waals surface area contributed by atoms with Gasteiger partial charge in [0.25, 0.3) is 5.91 Å². The molecule has 0 heterocycles. The molecule has 4 heteroatoms. The molecule has 0 saturated carbocycles. The number of aliphatic hydroxyl groups is 1. The second-order valence-electron chi connectivity index (χ2n) is 5.16. The molecule has 0 aliphatic heterocycles. The Morgan fingerprint density at radius 3 is 2.23 bits per heavy atom. The van der Waals surface area contributed by atoms with Gasteiger partial charge in [-0.15, -0.1) is 0 Å². The van der Waals surface area contributed by atoms with Gasteiger partial charge in [0.15, 0.2) is 11.4 Å². The van der Waals surface area contributed by atoms with Crippen molar-refractivity contribution in [2.75, 3.05) is 0 Å². The molecule has 0 aliphatic rings. The predicted molar refractivity (Wildman–Crippen MR) is 84.3 cm³/mol. The van der Waals surface area contributed by atoms with Crippen LogP contribution in [0.3, 0.4) is 0 Å². The van der Waals surface area contributed by atoms with Gasteiger partial charge in [-0.2, -0.15) is 0 Å². The Morgan fingerprint density at radius 1 is 1.05 bits per heavy atom. The number of Topliss-reactive ketones (excluding diaryl/α,β-unsaturated/α-hetero) is 1. The fourth-order valence-corrected chi connectivity index (χ4v) is 2.51. The summed E-state index contributed by atoms with van der Waals surface area (Å²) in [5.74, 6) is -1.02. The molecule has 0 radical (unpaired) electrons. The lowest BCUT2D eigenvalue weighted by Gasteiger charge is -2.27. The molecule has 4 nitrogen and oxygen atoms in total. The maximum absolute atomic E-state index is 12.3. The summed E-state index contributed by atoms with van der Waals surface area (Å²) in [4.78, 5) is 24.3. The number of benzene rings is 2. The van der Waals surface area contributed by atoms with Crippen molar-refractivity contribution in [3.05, 3.63) is 71.3 Å². The summed E-state index contributed by atoms with van der Waals surface area (Å²) in [5.41, 5.74) is 4.35. The van der Waals surface area contributed by atoms with Crippen LogP contribution >= 0.6 is 0 Å². The van der Waals surface area contributed by atoms with E-state index >= 15 is 0 Å². The molecule has 0 aliphatic carbocycles. The van der Waals surface area contributed by atoms with Crippen LogP contribution < -0.4 is 5.73 Å². The van der Waals surface area contributed by atoms with Crippen LogP contribution in [-0.2, 0) is 10.4 Å². The number of hydrogen-bond acceptors (Lipinski definition) is 3. The van der Waals surface area contributed by atoms with Crippen molar-refractivity contribution in [1.29, 1.82) is 0 Å². The van der Waals surface area contributed by atoms with Crippen LogP contribution in [0, 0.1) is 0 Å². The molecule has 1 unspecified atom stereocenters. The standard InChI is InChI=1S/C18H19NO3/c1-2-8-16(20)14-11-6-7-12-15(14)18(22,17(19)21)13-9-4-3-5-10-13/h3-7,9-12,22H,2,8H2,1H3,(H2,19,21). The molecule has 2 aromatic rings. The number of amides is 1. The number of nitrogens with two attached hydrogens (primary N) is 1. The van der Waals surface area contributed by atoms with E-state index < -0.39 is 11.5 Å². The number of hydrogen-bond donors (Lipinski definition) is 2. The monoisotopic (exact) mass is 297 g/mol. The van der Waals surface area contributed by atoms with Crippen molar-refractivity contribution >= 4 is 11.7 Å². The van der Waals surface area contributed by atoms with Crippen LogP contribution in [-0.4, -0.2) is 16.8 Å².